The minimum Gasteiger partial charge on any atom is -0.301 e. The molecule has 0 bridgehead atoms. The van der Waals surface area contributed by atoms with Gasteiger partial charge >= 0.3 is 0 Å². The van der Waals surface area contributed by atoms with E-state index in [1.54, 1.807) is 12.2 Å². The predicted molar refractivity (Wildman–Crippen MR) is 183 cm³/mol. The van der Waals surface area contributed by atoms with Crippen molar-refractivity contribution in [1.82, 2.24) is 9.80 Å². The molecule has 1 aliphatic rings. The topological polar surface area (TPSA) is 40.6 Å². The van der Waals surface area contributed by atoms with Gasteiger partial charge < -0.3 is 9.80 Å². The molecule has 1 aliphatic carbocycles. The van der Waals surface area contributed by atoms with Crippen LogP contribution in [0.3, 0.4) is 0 Å². The number of nitrogens with zero attached hydrogens (tertiary/aromatic N) is 2. The molecule has 0 radical (unpaired) electrons. The molecule has 0 aromatic rings. The summed E-state index contributed by atoms with van der Waals surface area (Å²) >= 11 is 0. The summed E-state index contributed by atoms with van der Waals surface area (Å²) in [6.07, 6.45) is 19.6. The fourth-order valence-electron chi connectivity index (χ4n) is 6.48. The molecule has 0 heterocycles. The first-order valence-corrected chi connectivity index (χ1v) is 17.9. The molecule has 4 nitrogen and oxygen atoms in total. The van der Waals surface area contributed by atoms with Crippen molar-refractivity contribution in [3.63, 3.8) is 0 Å². The minimum absolute atomic E-state index is 0.0434. The van der Waals surface area contributed by atoms with Crippen LogP contribution in [-0.4, -0.2) is 59.6 Å². The van der Waals surface area contributed by atoms with Crippen LogP contribution >= 0.6 is 0 Å². The van der Waals surface area contributed by atoms with Crippen molar-refractivity contribution in [3.8, 4) is 0 Å². The average Bonchev–Trinajstić information content (AvgIpc) is 2.93. The van der Waals surface area contributed by atoms with Gasteiger partial charge in [-0.05, 0) is 114 Å². The van der Waals surface area contributed by atoms with Gasteiger partial charge in [0.05, 0.1) is 0 Å². The normalized spacial score (nSPS) is 16.3. The number of hydrogen-bond acceptors (Lipinski definition) is 4. The first kappa shape index (κ1) is 38.8. The third kappa shape index (κ3) is 13.2. The van der Waals surface area contributed by atoms with Crippen LogP contribution in [-0.2, 0) is 9.59 Å². The molecule has 0 aromatic heterocycles. The molecule has 0 N–H and O–H groups in total. The van der Waals surface area contributed by atoms with E-state index < -0.39 is 0 Å². The molecule has 0 aromatic carbocycles. The molecule has 42 heavy (non-hydrogen) atoms. The van der Waals surface area contributed by atoms with Gasteiger partial charge in [0, 0.05) is 23.2 Å². The lowest BCUT2D eigenvalue weighted by atomic mass is 9.70. The maximum absolute atomic E-state index is 13.4. The lowest BCUT2D eigenvalue weighted by Gasteiger charge is -2.34. The van der Waals surface area contributed by atoms with Crippen LogP contribution in [0.5, 0.6) is 0 Å². The fraction of sp³-hybridized carbons (Fsp3) is 0.842. The molecule has 2 unspecified atom stereocenters. The zero-order valence-corrected chi connectivity index (χ0v) is 29.7. The summed E-state index contributed by atoms with van der Waals surface area (Å²) in [4.78, 5) is 32.2. The Hall–Kier alpha value is -1.26. The number of carbonyl (C=O) groups excluding carboxylic acids is 2. The highest BCUT2D eigenvalue weighted by atomic mass is 16.1. The van der Waals surface area contributed by atoms with Gasteiger partial charge in [0.2, 0.25) is 0 Å². The Kier molecular flexibility index (Phi) is 18.4. The standard InChI is InChI=1S/C38H70N2O2/c1-11-15-25-39(26-16-12-2)31(5)21-19-23-37(7,8)33-29-36(42)34(30-35(33)41)38(9,10)24-20-22-32(6)40(27-17-13-3)28-18-14-4/h29-32H,11-28H2,1-10H3. The summed E-state index contributed by atoms with van der Waals surface area (Å²) in [6.45, 7) is 27.1. The summed E-state index contributed by atoms with van der Waals surface area (Å²) in [5.41, 5.74) is 0.799. The van der Waals surface area contributed by atoms with Gasteiger partial charge in [0.1, 0.15) is 0 Å². The van der Waals surface area contributed by atoms with Crippen LogP contribution in [0.2, 0.25) is 0 Å². The van der Waals surface area contributed by atoms with Gasteiger partial charge in [-0.2, -0.15) is 0 Å². The molecule has 1 rings (SSSR count). The molecule has 2 atom stereocenters. The van der Waals surface area contributed by atoms with Gasteiger partial charge in [-0.15, -0.1) is 0 Å². The van der Waals surface area contributed by atoms with Crippen molar-refractivity contribution in [2.24, 2.45) is 10.8 Å². The smallest absolute Gasteiger partial charge is 0.182 e. The number of hydrogen-bond donors (Lipinski definition) is 0. The van der Waals surface area contributed by atoms with E-state index in [1.165, 1.54) is 77.5 Å². The highest BCUT2D eigenvalue weighted by Gasteiger charge is 2.36. The first-order valence-electron chi connectivity index (χ1n) is 17.9. The van der Waals surface area contributed by atoms with Gasteiger partial charge in [-0.3, -0.25) is 9.59 Å². The number of allylic oxidation sites excluding steroid dienone is 4. The van der Waals surface area contributed by atoms with E-state index in [1.807, 2.05) is 0 Å². The molecular weight excluding hydrogens is 516 g/mol. The van der Waals surface area contributed by atoms with Crippen LogP contribution in [0.1, 0.15) is 159 Å². The molecular formula is C38H70N2O2. The van der Waals surface area contributed by atoms with Crippen molar-refractivity contribution < 1.29 is 9.59 Å². The van der Waals surface area contributed by atoms with Crippen LogP contribution in [0.25, 0.3) is 0 Å². The Morgan fingerprint density at radius 3 is 1.10 bits per heavy atom. The van der Waals surface area contributed by atoms with Crippen LogP contribution in [0.4, 0.5) is 0 Å². The van der Waals surface area contributed by atoms with Crippen molar-refractivity contribution >= 4 is 11.6 Å². The number of unbranched alkanes of at least 4 members (excludes halogenated alkanes) is 4. The molecule has 0 aliphatic heterocycles. The summed E-state index contributed by atoms with van der Waals surface area (Å²) in [7, 11) is 0. The van der Waals surface area contributed by atoms with Gasteiger partial charge in [-0.25, -0.2) is 0 Å². The average molecular weight is 587 g/mol. The fourth-order valence-corrected chi connectivity index (χ4v) is 6.48. The minimum atomic E-state index is -0.299. The van der Waals surface area contributed by atoms with Crippen molar-refractivity contribution in [2.75, 3.05) is 26.2 Å². The van der Waals surface area contributed by atoms with E-state index in [9.17, 15) is 9.59 Å². The quantitative estimate of drug-likeness (QED) is 0.106. The SMILES string of the molecule is CCCCN(CCCC)C(C)CCCC(C)(C)C1=CC(=O)C(C(C)(C)CCCC(C)N(CCCC)CCCC)=CC1=O. The van der Waals surface area contributed by atoms with Crippen LogP contribution in [0.15, 0.2) is 23.3 Å². The monoisotopic (exact) mass is 587 g/mol. The maximum Gasteiger partial charge on any atom is 0.182 e. The van der Waals surface area contributed by atoms with E-state index in [4.69, 9.17) is 0 Å². The largest absolute Gasteiger partial charge is 0.301 e. The van der Waals surface area contributed by atoms with Crippen molar-refractivity contribution in [2.45, 2.75) is 171 Å². The molecule has 4 heteroatoms. The number of rotatable bonds is 24. The van der Waals surface area contributed by atoms with Crippen LogP contribution in [0, 0.1) is 10.8 Å². The second kappa shape index (κ2) is 19.9. The molecule has 0 amide bonds. The summed E-state index contributed by atoms with van der Waals surface area (Å²) < 4.78 is 0. The first-order chi connectivity index (χ1) is 19.8. The number of carbonyl (C=O) groups is 2. The zero-order valence-electron chi connectivity index (χ0n) is 29.7. The number of ketones is 2. The third-order valence-corrected chi connectivity index (χ3v) is 9.83. The third-order valence-electron chi connectivity index (χ3n) is 9.83. The van der Waals surface area contributed by atoms with E-state index in [2.05, 4.69) is 79.0 Å². The Labute approximate surface area is 262 Å². The Bertz CT molecular complexity index is 767. The van der Waals surface area contributed by atoms with E-state index in [-0.39, 0.29) is 22.4 Å². The van der Waals surface area contributed by atoms with Gasteiger partial charge in [0.25, 0.3) is 0 Å². The zero-order chi connectivity index (χ0) is 31.8. The molecule has 0 spiro atoms. The molecule has 0 saturated heterocycles. The van der Waals surface area contributed by atoms with Crippen LogP contribution < -0.4 is 0 Å². The maximum atomic E-state index is 13.4. The van der Waals surface area contributed by atoms with E-state index >= 15 is 0 Å². The Balaban J connectivity index is 2.76. The second-order valence-corrected chi connectivity index (χ2v) is 14.6. The lowest BCUT2D eigenvalue weighted by Crippen LogP contribution is -2.35. The highest BCUT2D eigenvalue weighted by Crippen LogP contribution is 2.40. The van der Waals surface area contributed by atoms with Crippen molar-refractivity contribution in [1.29, 1.82) is 0 Å². The molecule has 244 valence electrons. The summed E-state index contributed by atoms with van der Waals surface area (Å²) in [5, 5.41) is 0. The van der Waals surface area contributed by atoms with Gasteiger partial charge in [-0.1, -0.05) is 93.9 Å². The predicted octanol–water partition coefficient (Wildman–Crippen LogP) is 9.97. The Morgan fingerprint density at radius 2 is 0.833 bits per heavy atom. The van der Waals surface area contributed by atoms with E-state index in [0.717, 1.165) is 38.5 Å². The summed E-state index contributed by atoms with van der Waals surface area (Å²) in [6, 6.07) is 1.11. The molecule has 0 fully saturated rings. The molecule has 0 saturated carbocycles. The van der Waals surface area contributed by atoms with Crippen molar-refractivity contribution in [3.05, 3.63) is 23.3 Å². The van der Waals surface area contributed by atoms with Gasteiger partial charge in [0.15, 0.2) is 11.6 Å². The Morgan fingerprint density at radius 1 is 0.548 bits per heavy atom. The summed E-state index contributed by atoms with van der Waals surface area (Å²) in [5.74, 6) is 0.0869. The highest BCUT2D eigenvalue weighted by molar-refractivity contribution is 6.20. The lowest BCUT2D eigenvalue weighted by molar-refractivity contribution is -0.116. The van der Waals surface area contributed by atoms with E-state index in [0.29, 0.717) is 23.2 Å². The second-order valence-electron chi connectivity index (χ2n) is 14.6.